The van der Waals surface area contributed by atoms with E-state index < -0.39 is 53.8 Å². The summed E-state index contributed by atoms with van der Waals surface area (Å²) in [6.07, 6.45) is 2.52. The first-order valence-electron chi connectivity index (χ1n) is 13.2. The molecule has 0 aliphatic heterocycles. The number of nitrogens with two attached hydrogens (primary N) is 4. The Bertz CT molecular complexity index is 931. The molecule has 39 heavy (non-hydrogen) atoms. The monoisotopic (exact) mass is 549 g/mol. The fourth-order valence-electron chi connectivity index (χ4n) is 3.85. The molecule has 0 spiro atoms. The van der Waals surface area contributed by atoms with Crippen molar-refractivity contribution >= 4 is 29.6 Å². The summed E-state index contributed by atoms with van der Waals surface area (Å²) in [5.41, 5.74) is 23.2. The summed E-state index contributed by atoms with van der Waals surface area (Å²) in [5, 5.41) is 17.1. The zero-order chi connectivity index (χ0) is 29.2. The summed E-state index contributed by atoms with van der Waals surface area (Å²) in [6.45, 7) is 0.775. The minimum absolute atomic E-state index is 0.188. The second kappa shape index (κ2) is 18.7. The van der Waals surface area contributed by atoms with Crippen LogP contribution < -0.4 is 38.9 Å². The van der Waals surface area contributed by atoms with E-state index in [0.29, 0.717) is 38.8 Å². The molecule has 218 valence electrons. The van der Waals surface area contributed by atoms with E-state index in [1.54, 1.807) is 0 Å². The lowest BCUT2D eigenvalue weighted by atomic mass is 10.0. The number of carbonyl (C=O) groups is 5. The van der Waals surface area contributed by atoms with Crippen molar-refractivity contribution in [1.29, 1.82) is 0 Å². The maximum atomic E-state index is 13.3. The lowest BCUT2D eigenvalue weighted by Gasteiger charge is -2.25. The van der Waals surface area contributed by atoms with E-state index in [0.717, 1.165) is 5.56 Å². The Kier molecular flexibility index (Phi) is 16.0. The molecule has 1 aromatic carbocycles. The summed E-state index contributed by atoms with van der Waals surface area (Å²) in [4.78, 5) is 61.7. The van der Waals surface area contributed by atoms with Gasteiger partial charge < -0.3 is 44.0 Å². The van der Waals surface area contributed by atoms with Crippen molar-refractivity contribution in [2.24, 2.45) is 22.9 Å². The number of benzene rings is 1. The molecule has 1 aromatic rings. The molecule has 0 heterocycles. The van der Waals surface area contributed by atoms with Crippen molar-refractivity contribution in [3.05, 3.63) is 35.9 Å². The molecule has 4 atom stereocenters. The van der Waals surface area contributed by atoms with Crippen LogP contribution in [0, 0.1) is 0 Å². The third-order valence-corrected chi connectivity index (χ3v) is 6.09. The van der Waals surface area contributed by atoms with Gasteiger partial charge in [0.15, 0.2) is 0 Å². The zero-order valence-corrected chi connectivity index (χ0v) is 22.3. The highest BCUT2D eigenvalue weighted by Crippen LogP contribution is 2.08. The van der Waals surface area contributed by atoms with Crippen molar-refractivity contribution in [3.8, 4) is 0 Å². The molecule has 4 unspecified atom stereocenters. The summed E-state index contributed by atoms with van der Waals surface area (Å²) in [5.74, 6) is -3.90. The molecule has 12 N–H and O–H groups in total. The third kappa shape index (κ3) is 13.7. The average Bonchev–Trinajstić information content (AvgIpc) is 2.90. The first-order valence-corrected chi connectivity index (χ1v) is 13.2. The number of amides is 4. The summed E-state index contributed by atoms with van der Waals surface area (Å²) >= 11 is 0. The van der Waals surface area contributed by atoms with Gasteiger partial charge in [-0.05, 0) is 70.0 Å². The van der Waals surface area contributed by atoms with Gasteiger partial charge >= 0.3 is 5.97 Å². The van der Waals surface area contributed by atoms with E-state index in [1.165, 1.54) is 0 Å². The highest BCUT2D eigenvalue weighted by molar-refractivity contribution is 5.94. The molecule has 0 bridgehead atoms. The first kappa shape index (κ1) is 33.5. The maximum Gasteiger partial charge on any atom is 0.326 e. The van der Waals surface area contributed by atoms with Crippen LogP contribution in [0.5, 0.6) is 0 Å². The molecule has 1 rings (SSSR count). The molecular weight excluding hydrogens is 506 g/mol. The van der Waals surface area contributed by atoms with Crippen LogP contribution >= 0.6 is 0 Å². The van der Waals surface area contributed by atoms with Crippen LogP contribution in [0.25, 0.3) is 0 Å². The van der Waals surface area contributed by atoms with Gasteiger partial charge in [-0.3, -0.25) is 19.2 Å². The van der Waals surface area contributed by atoms with Crippen LogP contribution in [0.3, 0.4) is 0 Å². The fourth-order valence-corrected chi connectivity index (χ4v) is 3.85. The van der Waals surface area contributed by atoms with E-state index in [1.807, 2.05) is 30.3 Å². The lowest BCUT2D eigenvalue weighted by Crippen LogP contribution is -2.57. The number of nitrogens with one attached hydrogen (secondary N) is 3. The topological polar surface area (TPSA) is 246 Å². The van der Waals surface area contributed by atoms with E-state index in [4.69, 9.17) is 22.9 Å². The van der Waals surface area contributed by atoms with Crippen molar-refractivity contribution in [3.63, 3.8) is 0 Å². The summed E-state index contributed by atoms with van der Waals surface area (Å²) in [6, 6.07) is 4.87. The largest absolute Gasteiger partial charge is 0.480 e. The minimum Gasteiger partial charge on any atom is -0.480 e. The van der Waals surface area contributed by atoms with Gasteiger partial charge in [0.1, 0.15) is 18.1 Å². The lowest BCUT2D eigenvalue weighted by molar-refractivity contribution is -0.142. The number of primary amides is 1. The van der Waals surface area contributed by atoms with E-state index in [-0.39, 0.29) is 32.1 Å². The minimum atomic E-state index is -1.37. The number of carboxylic acid groups (broad SMARTS) is 1. The van der Waals surface area contributed by atoms with Gasteiger partial charge in [-0.1, -0.05) is 30.3 Å². The number of unbranched alkanes of at least 4 members (excludes halogenated alkanes) is 2. The standard InChI is InChI=1S/C26H43N7O6/c27-14-6-4-10-19(31-23(35)18(29)16-17-8-2-1-3-9-17)24(36)32-20(11-5-7-15-28)25(37)33-21(26(38)39)12-13-22(30)34/h1-3,8-9,18-21H,4-7,10-16,27-29H2,(H2,30,34)(H,31,35)(H,32,36)(H,33,37)(H,38,39). The summed E-state index contributed by atoms with van der Waals surface area (Å²) in [7, 11) is 0. The van der Waals surface area contributed by atoms with Gasteiger partial charge in [-0.15, -0.1) is 0 Å². The maximum absolute atomic E-state index is 13.3. The number of rotatable bonds is 20. The first-order chi connectivity index (χ1) is 18.6. The Morgan fingerprint density at radius 2 is 1.21 bits per heavy atom. The number of carbonyl (C=O) groups excluding carboxylic acids is 4. The van der Waals surface area contributed by atoms with Crippen LogP contribution in [0.1, 0.15) is 56.9 Å². The molecule has 0 fully saturated rings. The molecule has 0 aliphatic carbocycles. The van der Waals surface area contributed by atoms with Crippen molar-refractivity contribution < 1.29 is 29.1 Å². The third-order valence-electron chi connectivity index (χ3n) is 6.09. The van der Waals surface area contributed by atoms with Crippen molar-refractivity contribution in [2.75, 3.05) is 13.1 Å². The molecule has 0 radical (unpaired) electrons. The van der Waals surface area contributed by atoms with E-state index in [9.17, 15) is 29.1 Å². The Morgan fingerprint density at radius 3 is 1.67 bits per heavy atom. The van der Waals surface area contributed by atoms with Crippen molar-refractivity contribution in [2.45, 2.75) is 82.0 Å². The predicted octanol–water partition coefficient (Wildman–Crippen LogP) is -1.38. The Hall–Kier alpha value is -3.55. The average molecular weight is 550 g/mol. The Morgan fingerprint density at radius 1 is 0.718 bits per heavy atom. The predicted molar refractivity (Wildman–Crippen MR) is 146 cm³/mol. The van der Waals surface area contributed by atoms with Gasteiger partial charge in [-0.25, -0.2) is 4.79 Å². The number of aliphatic carboxylic acids is 1. The molecule has 0 aromatic heterocycles. The normalized spacial score (nSPS) is 13.9. The second-order valence-electron chi connectivity index (χ2n) is 9.39. The highest BCUT2D eigenvalue weighted by Gasteiger charge is 2.30. The van der Waals surface area contributed by atoms with Gasteiger partial charge in [0.05, 0.1) is 6.04 Å². The molecule has 0 aliphatic rings. The molecule has 13 heteroatoms. The SMILES string of the molecule is NCCCCC(NC(=O)C(N)Cc1ccccc1)C(=O)NC(CCCCN)C(=O)NC(CCC(N)=O)C(=O)O. The van der Waals surface area contributed by atoms with Gasteiger partial charge in [0, 0.05) is 6.42 Å². The van der Waals surface area contributed by atoms with Crippen LogP contribution in [-0.2, 0) is 30.4 Å². The number of hydrogen-bond acceptors (Lipinski definition) is 8. The summed E-state index contributed by atoms with van der Waals surface area (Å²) < 4.78 is 0. The Labute approximate surface area is 228 Å². The van der Waals surface area contributed by atoms with Crippen molar-refractivity contribution in [1.82, 2.24) is 16.0 Å². The van der Waals surface area contributed by atoms with E-state index in [2.05, 4.69) is 16.0 Å². The zero-order valence-electron chi connectivity index (χ0n) is 22.3. The molecule has 13 nitrogen and oxygen atoms in total. The smallest absolute Gasteiger partial charge is 0.326 e. The van der Waals surface area contributed by atoms with Gasteiger partial charge in [0.25, 0.3) is 0 Å². The van der Waals surface area contributed by atoms with E-state index >= 15 is 0 Å². The molecular formula is C26H43N7O6. The fraction of sp³-hybridized carbons (Fsp3) is 0.577. The molecule has 4 amide bonds. The van der Waals surface area contributed by atoms with Gasteiger partial charge in [-0.2, -0.15) is 0 Å². The Balaban J connectivity index is 2.97. The van der Waals surface area contributed by atoms with Crippen LogP contribution in [0.15, 0.2) is 30.3 Å². The molecule has 0 saturated heterocycles. The molecule has 0 saturated carbocycles. The number of hydrogen-bond donors (Lipinski definition) is 8. The van der Waals surface area contributed by atoms with Crippen LogP contribution in [0.2, 0.25) is 0 Å². The van der Waals surface area contributed by atoms with Crippen LogP contribution in [0.4, 0.5) is 0 Å². The highest BCUT2D eigenvalue weighted by atomic mass is 16.4. The van der Waals surface area contributed by atoms with Gasteiger partial charge in [0.2, 0.25) is 23.6 Å². The van der Waals surface area contributed by atoms with Crippen LogP contribution in [-0.4, -0.2) is 72.0 Å². The second-order valence-corrected chi connectivity index (χ2v) is 9.39. The quantitative estimate of drug-likeness (QED) is 0.0891. The number of carboxylic acids is 1.